The maximum Gasteiger partial charge on any atom is 0.307 e. The SMILES string of the molecule is CCOC(=O)C[C@H](c1cccc([N+](=O)[O-])c1)N(Cc1ccccc1)[C@@H](C)c1ccccc1. The highest BCUT2D eigenvalue weighted by atomic mass is 16.6. The lowest BCUT2D eigenvalue weighted by Crippen LogP contribution is -2.33. The Kier molecular flexibility index (Phi) is 8.11. The van der Waals surface area contributed by atoms with Crippen LogP contribution in [0.3, 0.4) is 0 Å². The van der Waals surface area contributed by atoms with Crippen LogP contribution in [0.25, 0.3) is 0 Å². The molecule has 6 heteroatoms. The monoisotopic (exact) mass is 432 g/mol. The number of non-ortho nitro benzene ring substituents is 1. The second-order valence-corrected chi connectivity index (χ2v) is 7.62. The summed E-state index contributed by atoms with van der Waals surface area (Å²) in [6, 6.07) is 26.1. The maximum atomic E-state index is 12.6. The van der Waals surface area contributed by atoms with E-state index in [4.69, 9.17) is 4.74 Å². The lowest BCUT2D eigenvalue weighted by molar-refractivity contribution is -0.385. The molecule has 0 unspecified atom stereocenters. The molecule has 3 rings (SSSR count). The lowest BCUT2D eigenvalue weighted by Gasteiger charge is -2.37. The number of esters is 1. The minimum atomic E-state index is -0.410. The highest BCUT2D eigenvalue weighted by molar-refractivity contribution is 5.70. The second kappa shape index (κ2) is 11.2. The quantitative estimate of drug-likeness (QED) is 0.228. The van der Waals surface area contributed by atoms with Crippen molar-refractivity contribution in [2.24, 2.45) is 0 Å². The summed E-state index contributed by atoms with van der Waals surface area (Å²) in [7, 11) is 0. The molecule has 0 aromatic heterocycles. The Morgan fingerprint density at radius 2 is 1.59 bits per heavy atom. The first-order chi connectivity index (χ1) is 15.5. The number of rotatable bonds is 10. The number of carbonyl (C=O) groups is 1. The summed E-state index contributed by atoms with van der Waals surface area (Å²) in [6.45, 7) is 4.72. The van der Waals surface area contributed by atoms with Gasteiger partial charge in [-0.15, -0.1) is 0 Å². The molecule has 0 aliphatic rings. The standard InChI is InChI=1S/C26H28N2O4/c1-3-32-26(29)18-25(23-15-10-16-24(17-23)28(30)31)27(19-21-11-6-4-7-12-21)20(2)22-13-8-5-9-14-22/h4-17,20,25H,3,18-19H2,1-2H3/t20-,25+/m0/s1. The van der Waals surface area contributed by atoms with E-state index >= 15 is 0 Å². The Balaban J connectivity index is 2.07. The maximum absolute atomic E-state index is 12.6. The smallest absolute Gasteiger partial charge is 0.307 e. The van der Waals surface area contributed by atoms with E-state index in [0.717, 1.165) is 11.1 Å². The van der Waals surface area contributed by atoms with E-state index in [1.54, 1.807) is 19.1 Å². The van der Waals surface area contributed by atoms with Gasteiger partial charge in [-0.05, 0) is 30.5 Å². The topological polar surface area (TPSA) is 72.7 Å². The minimum absolute atomic E-state index is 0.00313. The molecular formula is C26H28N2O4. The van der Waals surface area contributed by atoms with Crippen LogP contribution >= 0.6 is 0 Å². The van der Waals surface area contributed by atoms with Gasteiger partial charge < -0.3 is 4.74 Å². The first kappa shape index (κ1) is 23.2. The van der Waals surface area contributed by atoms with Gasteiger partial charge in [-0.1, -0.05) is 72.8 Å². The molecule has 0 saturated heterocycles. The molecule has 0 bridgehead atoms. The zero-order valence-corrected chi connectivity index (χ0v) is 18.4. The third-order valence-electron chi connectivity index (χ3n) is 5.52. The Bertz CT molecular complexity index is 1020. The zero-order chi connectivity index (χ0) is 22.9. The molecule has 0 aliphatic heterocycles. The van der Waals surface area contributed by atoms with Gasteiger partial charge in [0, 0.05) is 30.8 Å². The number of benzene rings is 3. The highest BCUT2D eigenvalue weighted by Crippen LogP contribution is 2.36. The van der Waals surface area contributed by atoms with E-state index in [9.17, 15) is 14.9 Å². The summed E-state index contributed by atoms with van der Waals surface area (Å²) < 4.78 is 5.26. The average molecular weight is 433 g/mol. The summed E-state index contributed by atoms with van der Waals surface area (Å²) in [4.78, 5) is 25.8. The Labute approximate surface area is 188 Å². The molecule has 3 aromatic rings. The summed E-state index contributed by atoms with van der Waals surface area (Å²) in [5.41, 5.74) is 2.91. The van der Waals surface area contributed by atoms with E-state index < -0.39 is 11.0 Å². The fourth-order valence-corrected chi connectivity index (χ4v) is 3.88. The van der Waals surface area contributed by atoms with Crippen LogP contribution in [0, 0.1) is 10.1 Å². The predicted octanol–water partition coefficient (Wildman–Crippen LogP) is 5.85. The van der Waals surface area contributed by atoms with E-state index in [0.29, 0.717) is 12.1 Å². The van der Waals surface area contributed by atoms with Gasteiger partial charge in [0.05, 0.1) is 18.0 Å². The molecule has 0 saturated carbocycles. The molecule has 32 heavy (non-hydrogen) atoms. The second-order valence-electron chi connectivity index (χ2n) is 7.62. The van der Waals surface area contributed by atoms with Crippen LogP contribution in [0.4, 0.5) is 5.69 Å². The number of nitro benzene ring substituents is 1. The van der Waals surface area contributed by atoms with Crippen LogP contribution in [0.5, 0.6) is 0 Å². The molecule has 0 spiro atoms. The molecule has 6 nitrogen and oxygen atoms in total. The van der Waals surface area contributed by atoms with Crippen molar-refractivity contribution in [2.75, 3.05) is 6.61 Å². The van der Waals surface area contributed by atoms with E-state index in [-0.39, 0.29) is 30.7 Å². The van der Waals surface area contributed by atoms with Crippen molar-refractivity contribution in [2.45, 2.75) is 38.9 Å². The Hall–Kier alpha value is -3.51. The summed E-state index contributed by atoms with van der Waals surface area (Å²) >= 11 is 0. The molecule has 0 radical (unpaired) electrons. The molecule has 0 aliphatic carbocycles. The van der Waals surface area contributed by atoms with Crippen LogP contribution in [-0.4, -0.2) is 22.4 Å². The van der Waals surface area contributed by atoms with Crippen LogP contribution in [0.2, 0.25) is 0 Å². The van der Waals surface area contributed by atoms with Crippen LogP contribution in [-0.2, 0) is 16.1 Å². The largest absolute Gasteiger partial charge is 0.466 e. The highest BCUT2D eigenvalue weighted by Gasteiger charge is 2.29. The third-order valence-corrected chi connectivity index (χ3v) is 5.52. The normalized spacial score (nSPS) is 12.8. The number of ether oxygens (including phenoxy) is 1. The first-order valence-corrected chi connectivity index (χ1v) is 10.7. The van der Waals surface area contributed by atoms with Crippen molar-refractivity contribution in [1.82, 2.24) is 4.90 Å². The van der Waals surface area contributed by atoms with Gasteiger partial charge in [-0.3, -0.25) is 19.8 Å². The van der Waals surface area contributed by atoms with Gasteiger partial charge in [0.1, 0.15) is 0 Å². The van der Waals surface area contributed by atoms with Gasteiger partial charge in [-0.2, -0.15) is 0 Å². The molecule has 0 amide bonds. The molecular weight excluding hydrogens is 404 g/mol. The van der Waals surface area contributed by atoms with Gasteiger partial charge >= 0.3 is 5.97 Å². The summed E-state index contributed by atoms with van der Waals surface area (Å²) in [5.74, 6) is -0.331. The van der Waals surface area contributed by atoms with Crippen molar-refractivity contribution in [1.29, 1.82) is 0 Å². The molecule has 0 N–H and O–H groups in total. The van der Waals surface area contributed by atoms with Gasteiger partial charge in [0.25, 0.3) is 5.69 Å². The van der Waals surface area contributed by atoms with Gasteiger partial charge in [0.2, 0.25) is 0 Å². The number of hydrogen-bond donors (Lipinski definition) is 0. The van der Waals surface area contributed by atoms with Gasteiger partial charge in [0.15, 0.2) is 0 Å². The van der Waals surface area contributed by atoms with Crippen LogP contribution in [0.15, 0.2) is 84.9 Å². The van der Waals surface area contributed by atoms with Crippen molar-refractivity contribution in [3.05, 3.63) is 112 Å². The average Bonchev–Trinajstić information content (AvgIpc) is 2.82. The minimum Gasteiger partial charge on any atom is -0.466 e. The lowest BCUT2D eigenvalue weighted by atomic mass is 9.96. The fraction of sp³-hybridized carbons (Fsp3) is 0.269. The zero-order valence-electron chi connectivity index (χ0n) is 18.4. The van der Waals surface area contributed by atoms with Crippen molar-refractivity contribution in [3.8, 4) is 0 Å². The molecule has 0 heterocycles. The number of hydrogen-bond acceptors (Lipinski definition) is 5. The van der Waals surface area contributed by atoms with Crippen molar-refractivity contribution >= 4 is 11.7 Å². The number of nitrogens with zero attached hydrogens (tertiary/aromatic N) is 2. The van der Waals surface area contributed by atoms with E-state index in [2.05, 4.69) is 24.0 Å². The van der Waals surface area contributed by atoms with Crippen LogP contribution in [0.1, 0.15) is 49.0 Å². The Morgan fingerprint density at radius 3 is 2.22 bits per heavy atom. The van der Waals surface area contributed by atoms with Crippen molar-refractivity contribution < 1.29 is 14.5 Å². The molecule has 166 valence electrons. The Morgan fingerprint density at radius 1 is 0.969 bits per heavy atom. The molecule has 0 fully saturated rings. The predicted molar refractivity (Wildman–Crippen MR) is 124 cm³/mol. The van der Waals surface area contributed by atoms with E-state index in [1.165, 1.54) is 6.07 Å². The summed E-state index contributed by atoms with van der Waals surface area (Å²) in [6.07, 6.45) is 0.0962. The number of nitro groups is 1. The van der Waals surface area contributed by atoms with Crippen molar-refractivity contribution in [3.63, 3.8) is 0 Å². The first-order valence-electron chi connectivity index (χ1n) is 10.7. The molecule has 2 atom stereocenters. The third kappa shape index (κ3) is 6.02. The number of carbonyl (C=O) groups excluding carboxylic acids is 1. The van der Waals surface area contributed by atoms with E-state index in [1.807, 2.05) is 54.6 Å². The summed E-state index contributed by atoms with van der Waals surface area (Å²) in [5, 5.41) is 11.4. The van der Waals surface area contributed by atoms with Crippen LogP contribution < -0.4 is 0 Å². The fourth-order valence-electron chi connectivity index (χ4n) is 3.88. The molecule has 3 aromatic carbocycles. The van der Waals surface area contributed by atoms with Gasteiger partial charge in [-0.25, -0.2) is 0 Å².